The first-order valence-electron chi connectivity index (χ1n) is 7.84. The molecule has 5 heteroatoms. The summed E-state index contributed by atoms with van der Waals surface area (Å²) in [6.45, 7) is 9.05. The van der Waals surface area contributed by atoms with Crippen LogP contribution in [0.1, 0.15) is 17.7 Å². The Bertz CT molecular complexity index is 675. The van der Waals surface area contributed by atoms with E-state index in [0.29, 0.717) is 18.9 Å². The van der Waals surface area contributed by atoms with Crippen LogP contribution in [-0.2, 0) is 4.74 Å². The van der Waals surface area contributed by atoms with Gasteiger partial charge in [-0.15, -0.1) is 0 Å². The summed E-state index contributed by atoms with van der Waals surface area (Å²) in [5.74, 6) is -0.182. The highest BCUT2D eigenvalue weighted by Gasteiger charge is 2.25. The van der Waals surface area contributed by atoms with Crippen molar-refractivity contribution >= 4 is 11.3 Å². The Morgan fingerprint density at radius 1 is 1.39 bits per heavy atom. The first kappa shape index (κ1) is 15.9. The lowest BCUT2D eigenvalue weighted by molar-refractivity contribution is 0.0312. The van der Waals surface area contributed by atoms with Crippen LogP contribution in [0.3, 0.4) is 0 Å². The van der Waals surface area contributed by atoms with Crippen molar-refractivity contribution in [3.8, 4) is 0 Å². The summed E-state index contributed by atoms with van der Waals surface area (Å²) < 4.78 is 19.7. The number of nitrogens with two attached hydrogens (primary N) is 1. The number of rotatable bonds is 2. The summed E-state index contributed by atoms with van der Waals surface area (Å²) in [5.41, 5.74) is 9.82. The van der Waals surface area contributed by atoms with Gasteiger partial charge in [0.1, 0.15) is 5.83 Å². The maximum atomic E-state index is 14.3. The molecule has 2 heterocycles. The second-order valence-corrected chi connectivity index (χ2v) is 6.04. The van der Waals surface area contributed by atoms with Crippen molar-refractivity contribution in [3.63, 3.8) is 0 Å². The van der Waals surface area contributed by atoms with Crippen molar-refractivity contribution in [2.75, 3.05) is 32.0 Å². The normalized spacial score (nSPS) is 23.2. The zero-order valence-electron chi connectivity index (χ0n) is 13.4. The van der Waals surface area contributed by atoms with Gasteiger partial charge in [-0.05, 0) is 30.2 Å². The van der Waals surface area contributed by atoms with E-state index in [1.807, 2.05) is 13.0 Å². The molecule has 0 bridgehead atoms. The minimum atomic E-state index is -0.182. The minimum Gasteiger partial charge on any atom is -0.397 e. The van der Waals surface area contributed by atoms with Crippen LogP contribution in [0.2, 0.25) is 0 Å². The molecule has 0 saturated carbocycles. The number of anilines is 1. The molecule has 1 aromatic heterocycles. The third-order valence-corrected chi connectivity index (χ3v) is 4.32. The van der Waals surface area contributed by atoms with E-state index in [1.54, 1.807) is 12.3 Å². The zero-order valence-corrected chi connectivity index (χ0v) is 13.4. The summed E-state index contributed by atoms with van der Waals surface area (Å²) in [4.78, 5) is 6.58. The number of allylic oxidation sites excluding steroid dienone is 3. The van der Waals surface area contributed by atoms with E-state index in [-0.39, 0.29) is 18.3 Å². The quantitative estimate of drug-likeness (QED) is 0.853. The Kier molecular flexibility index (Phi) is 4.59. The largest absolute Gasteiger partial charge is 0.397 e. The number of nitrogens with zero attached hydrogens (tertiary/aromatic N) is 2. The van der Waals surface area contributed by atoms with Crippen LogP contribution in [0.4, 0.5) is 10.1 Å². The molecule has 1 aliphatic heterocycles. The Balaban J connectivity index is 2.01. The first-order valence-corrected chi connectivity index (χ1v) is 7.84. The van der Waals surface area contributed by atoms with Gasteiger partial charge in [-0.1, -0.05) is 12.7 Å². The van der Waals surface area contributed by atoms with Crippen molar-refractivity contribution in [1.29, 1.82) is 0 Å². The molecule has 0 amide bonds. The Morgan fingerprint density at radius 2 is 2.13 bits per heavy atom. The molecule has 122 valence electrons. The van der Waals surface area contributed by atoms with Crippen LogP contribution in [0.5, 0.6) is 0 Å². The molecule has 0 radical (unpaired) electrons. The molecule has 1 saturated heterocycles. The van der Waals surface area contributed by atoms with Crippen molar-refractivity contribution in [2.45, 2.75) is 19.4 Å². The van der Waals surface area contributed by atoms with Crippen LogP contribution in [0, 0.1) is 6.92 Å². The van der Waals surface area contributed by atoms with Gasteiger partial charge in [-0.3, -0.25) is 9.88 Å². The zero-order chi connectivity index (χ0) is 16.4. The first-order chi connectivity index (χ1) is 11.0. The Morgan fingerprint density at radius 3 is 2.87 bits per heavy atom. The number of hydrogen-bond donors (Lipinski definition) is 1. The maximum absolute atomic E-state index is 14.3. The average Bonchev–Trinajstić information content (AvgIpc) is 2.68. The molecule has 1 atom stereocenters. The van der Waals surface area contributed by atoms with E-state index in [2.05, 4.69) is 22.5 Å². The predicted octanol–water partition coefficient (Wildman–Crippen LogP) is 2.87. The van der Waals surface area contributed by atoms with E-state index in [0.717, 1.165) is 35.5 Å². The molecule has 4 nitrogen and oxygen atoms in total. The van der Waals surface area contributed by atoms with Gasteiger partial charge in [-0.25, -0.2) is 4.39 Å². The number of halogens is 1. The van der Waals surface area contributed by atoms with Gasteiger partial charge in [0.25, 0.3) is 0 Å². The van der Waals surface area contributed by atoms with Crippen molar-refractivity contribution in [3.05, 3.63) is 53.7 Å². The molecule has 0 spiro atoms. The molecular weight excluding hydrogens is 293 g/mol. The number of aryl methyl sites for hydroxylation is 1. The fraction of sp³-hybridized carbons (Fsp3) is 0.389. The van der Waals surface area contributed by atoms with E-state index >= 15 is 0 Å². The highest BCUT2D eigenvalue weighted by atomic mass is 19.1. The van der Waals surface area contributed by atoms with Crippen molar-refractivity contribution in [1.82, 2.24) is 9.88 Å². The number of nitrogen functional groups attached to an aromatic ring is 1. The molecule has 2 N–H and O–H groups in total. The predicted molar refractivity (Wildman–Crippen MR) is 90.5 cm³/mol. The Labute approximate surface area is 136 Å². The number of ether oxygens (including phenoxy) is 1. The molecule has 3 rings (SSSR count). The number of pyridine rings is 1. The molecule has 1 aliphatic carbocycles. The monoisotopic (exact) mass is 315 g/mol. The fourth-order valence-electron chi connectivity index (χ4n) is 3.11. The number of morpholine rings is 1. The summed E-state index contributed by atoms with van der Waals surface area (Å²) in [5, 5.41) is 0. The van der Waals surface area contributed by atoms with Crippen LogP contribution >= 0.6 is 0 Å². The SMILES string of the molecule is C=C1CC(F)=CC(c2cc(N)cnc2C)=CC1N1CCOCC1. The second-order valence-electron chi connectivity index (χ2n) is 6.04. The highest BCUT2D eigenvalue weighted by Crippen LogP contribution is 2.31. The lowest BCUT2D eigenvalue weighted by atomic mass is 9.99. The van der Waals surface area contributed by atoms with Crippen LogP contribution in [-0.4, -0.2) is 42.2 Å². The molecule has 23 heavy (non-hydrogen) atoms. The van der Waals surface area contributed by atoms with Gasteiger partial charge in [-0.2, -0.15) is 0 Å². The Hall–Kier alpha value is -1.98. The third kappa shape index (κ3) is 3.51. The van der Waals surface area contributed by atoms with Crippen molar-refractivity contribution in [2.24, 2.45) is 0 Å². The molecule has 0 aromatic carbocycles. The maximum Gasteiger partial charge on any atom is 0.105 e. The molecule has 1 unspecified atom stereocenters. The minimum absolute atomic E-state index is 0.000712. The van der Waals surface area contributed by atoms with Crippen molar-refractivity contribution < 1.29 is 9.13 Å². The topological polar surface area (TPSA) is 51.4 Å². The summed E-state index contributed by atoms with van der Waals surface area (Å²) in [6, 6.07) is 1.85. The second kappa shape index (κ2) is 6.64. The highest BCUT2D eigenvalue weighted by molar-refractivity contribution is 5.78. The smallest absolute Gasteiger partial charge is 0.105 e. The summed E-state index contributed by atoms with van der Waals surface area (Å²) in [6.07, 6.45) is 5.53. The van der Waals surface area contributed by atoms with E-state index in [1.165, 1.54) is 0 Å². The molecule has 2 aliphatic rings. The average molecular weight is 315 g/mol. The lowest BCUT2D eigenvalue weighted by Crippen LogP contribution is -2.43. The van der Waals surface area contributed by atoms with Gasteiger partial charge < -0.3 is 10.5 Å². The number of aromatic nitrogens is 1. The number of hydrogen-bond acceptors (Lipinski definition) is 4. The standard InChI is InChI=1S/C18H22FN3O/c1-12-7-15(19)8-14(17-10-16(20)11-21-13(17)2)9-18(12)22-3-5-23-6-4-22/h8-11,18H,1,3-7,20H2,2H3. The lowest BCUT2D eigenvalue weighted by Gasteiger charge is -2.33. The van der Waals surface area contributed by atoms with Crippen LogP contribution < -0.4 is 5.73 Å². The third-order valence-electron chi connectivity index (χ3n) is 4.32. The van der Waals surface area contributed by atoms with Gasteiger partial charge in [0.15, 0.2) is 0 Å². The van der Waals surface area contributed by atoms with Crippen LogP contribution in [0.25, 0.3) is 5.57 Å². The van der Waals surface area contributed by atoms with E-state index < -0.39 is 0 Å². The van der Waals surface area contributed by atoms with Gasteiger partial charge in [0, 0.05) is 30.8 Å². The fourth-order valence-corrected chi connectivity index (χ4v) is 3.11. The summed E-state index contributed by atoms with van der Waals surface area (Å²) >= 11 is 0. The summed E-state index contributed by atoms with van der Waals surface area (Å²) in [7, 11) is 0. The molecule has 1 fully saturated rings. The van der Waals surface area contributed by atoms with E-state index in [9.17, 15) is 4.39 Å². The van der Waals surface area contributed by atoms with E-state index in [4.69, 9.17) is 10.5 Å². The van der Waals surface area contributed by atoms with Gasteiger partial charge in [0.05, 0.1) is 31.1 Å². The molecular formula is C18H22FN3O. The van der Waals surface area contributed by atoms with Crippen LogP contribution in [0.15, 0.2) is 42.4 Å². The van der Waals surface area contributed by atoms with Gasteiger partial charge >= 0.3 is 0 Å². The molecule has 1 aromatic rings. The van der Waals surface area contributed by atoms with Gasteiger partial charge in [0.2, 0.25) is 0 Å².